The largest absolute Gasteiger partial charge is 0.302 e. The topological polar surface area (TPSA) is 32.3 Å². The fourth-order valence-electron chi connectivity index (χ4n) is 2.64. The number of rotatable bonds is 4. The number of piperidine rings is 1. The number of carbonyl (C=O) groups is 1. The molecule has 1 unspecified atom stereocenters. The molecule has 1 saturated heterocycles. The summed E-state index contributed by atoms with van der Waals surface area (Å²) in [7, 11) is 0. The monoisotopic (exact) mass is 268 g/mol. The molecule has 1 fully saturated rings. The molecule has 0 aromatic rings. The third-order valence-corrected chi connectivity index (χ3v) is 3.55. The molecular formula is C16H32N2O. The van der Waals surface area contributed by atoms with E-state index in [1.165, 1.54) is 19.3 Å². The molecule has 1 N–H and O–H groups in total. The quantitative estimate of drug-likeness (QED) is 0.851. The van der Waals surface area contributed by atoms with Gasteiger partial charge in [-0.15, -0.1) is 0 Å². The Morgan fingerprint density at radius 1 is 1.05 bits per heavy atom. The maximum absolute atomic E-state index is 12.6. The average Bonchev–Trinajstić information content (AvgIpc) is 2.25. The molecular weight excluding hydrogens is 236 g/mol. The van der Waals surface area contributed by atoms with Gasteiger partial charge in [-0.05, 0) is 46.7 Å². The lowest BCUT2D eigenvalue weighted by molar-refractivity contribution is -0.129. The number of ketones is 1. The lowest BCUT2D eigenvalue weighted by Crippen LogP contribution is -2.56. The average molecular weight is 268 g/mol. The molecule has 1 atom stereocenters. The van der Waals surface area contributed by atoms with Crippen LogP contribution in [-0.4, -0.2) is 41.9 Å². The van der Waals surface area contributed by atoms with Crippen molar-refractivity contribution in [2.75, 3.05) is 19.6 Å². The minimum Gasteiger partial charge on any atom is -0.302 e. The summed E-state index contributed by atoms with van der Waals surface area (Å²) in [6.45, 7) is 15.6. The maximum Gasteiger partial charge on any atom is 0.156 e. The molecule has 0 radical (unpaired) electrons. The van der Waals surface area contributed by atoms with E-state index < -0.39 is 0 Å². The molecule has 0 amide bonds. The Morgan fingerprint density at radius 3 is 2.00 bits per heavy atom. The predicted octanol–water partition coefficient (Wildman–Crippen LogP) is 2.84. The standard InChI is InChI=1S/C16H32N2O/c1-15(2,3)14(19)13(17-16(4,5)6)12-18-10-8-7-9-11-18/h13,17H,7-12H2,1-6H3. The summed E-state index contributed by atoms with van der Waals surface area (Å²) < 4.78 is 0. The van der Waals surface area contributed by atoms with Crippen LogP contribution in [0.5, 0.6) is 0 Å². The Hall–Kier alpha value is -0.410. The predicted molar refractivity (Wildman–Crippen MR) is 81.4 cm³/mol. The highest BCUT2D eigenvalue weighted by Crippen LogP contribution is 2.20. The van der Waals surface area contributed by atoms with E-state index in [0.29, 0.717) is 5.78 Å². The van der Waals surface area contributed by atoms with Gasteiger partial charge in [0, 0.05) is 17.5 Å². The van der Waals surface area contributed by atoms with E-state index >= 15 is 0 Å². The van der Waals surface area contributed by atoms with Gasteiger partial charge in [-0.1, -0.05) is 27.2 Å². The first-order valence-electron chi connectivity index (χ1n) is 7.64. The number of Topliss-reactive ketones (excluding diaryl/α,β-unsaturated/α-hetero) is 1. The van der Waals surface area contributed by atoms with Crippen molar-refractivity contribution in [2.24, 2.45) is 5.41 Å². The molecule has 1 rings (SSSR count). The number of likely N-dealkylation sites (tertiary alicyclic amines) is 1. The van der Waals surface area contributed by atoms with Gasteiger partial charge in [0.15, 0.2) is 5.78 Å². The third kappa shape index (κ3) is 6.05. The Labute approximate surface area is 119 Å². The molecule has 112 valence electrons. The molecule has 0 aromatic heterocycles. The molecule has 0 aliphatic carbocycles. The Bertz CT molecular complexity index is 293. The molecule has 1 aliphatic rings. The van der Waals surface area contributed by atoms with Crippen LogP contribution >= 0.6 is 0 Å². The van der Waals surface area contributed by atoms with Crippen molar-refractivity contribution in [2.45, 2.75) is 72.4 Å². The number of nitrogens with zero attached hydrogens (tertiary/aromatic N) is 1. The first kappa shape index (κ1) is 16.6. The van der Waals surface area contributed by atoms with Crippen LogP contribution < -0.4 is 5.32 Å². The van der Waals surface area contributed by atoms with Gasteiger partial charge in [0.25, 0.3) is 0 Å². The van der Waals surface area contributed by atoms with Gasteiger partial charge in [-0.25, -0.2) is 0 Å². The molecule has 0 bridgehead atoms. The second-order valence-corrected chi connectivity index (χ2v) is 7.92. The SMILES string of the molecule is CC(C)(C)NC(CN1CCCCC1)C(=O)C(C)(C)C. The van der Waals surface area contributed by atoms with Crippen LogP contribution in [0.1, 0.15) is 60.8 Å². The molecule has 3 nitrogen and oxygen atoms in total. The number of nitrogens with one attached hydrogen (secondary N) is 1. The summed E-state index contributed by atoms with van der Waals surface area (Å²) in [4.78, 5) is 15.1. The third-order valence-electron chi connectivity index (χ3n) is 3.55. The van der Waals surface area contributed by atoms with Crippen molar-refractivity contribution >= 4 is 5.78 Å². The zero-order valence-electron chi connectivity index (χ0n) is 13.7. The van der Waals surface area contributed by atoms with Crippen LogP contribution in [0, 0.1) is 5.41 Å². The molecule has 0 saturated carbocycles. The minimum atomic E-state index is -0.279. The van der Waals surface area contributed by atoms with Crippen molar-refractivity contribution in [1.82, 2.24) is 10.2 Å². The highest BCUT2D eigenvalue weighted by molar-refractivity contribution is 5.89. The molecule has 19 heavy (non-hydrogen) atoms. The second-order valence-electron chi connectivity index (χ2n) is 7.92. The van der Waals surface area contributed by atoms with Crippen molar-refractivity contribution in [3.8, 4) is 0 Å². The maximum atomic E-state index is 12.6. The highest BCUT2D eigenvalue weighted by atomic mass is 16.1. The van der Waals surface area contributed by atoms with Crippen LogP contribution in [0.3, 0.4) is 0 Å². The Morgan fingerprint density at radius 2 is 1.58 bits per heavy atom. The van der Waals surface area contributed by atoms with Gasteiger partial charge in [0.05, 0.1) is 6.04 Å². The fraction of sp³-hybridized carbons (Fsp3) is 0.938. The van der Waals surface area contributed by atoms with E-state index in [4.69, 9.17) is 0 Å². The van der Waals surface area contributed by atoms with Crippen LogP contribution in [0.4, 0.5) is 0 Å². The van der Waals surface area contributed by atoms with E-state index in [2.05, 4.69) is 31.0 Å². The zero-order chi connectivity index (χ0) is 14.7. The number of hydrogen-bond acceptors (Lipinski definition) is 3. The van der Waals surface area contributed by atoms with Crippen molar-refractivity contribution in [1.29, 1.82) is 0 Å². The van der Waals surface area contributed by atoms with E-state index in [-0.39, 0.29) is 17.0 Å². The summed E-state index contributed by atoms with van der Waals surface area (Å²) in [5.74, 6) is 0.327. The van der Waals surface area contributed by atoms with Gasteiger partial charge in [0.1, 0.15) is 0 Å². The van der Waals surface area contributed by atoms with Gasteiger partial charge >= 0.3 is 0 Å². The van der Waals surface area contributed by atoms with E-state index in [0.717, 1.165) is 19.6 Å². The van der Waals surface area contributed by atoms with E-state index in [1.54, 1.807) is 0 Å². The van der Waals surface area contributed by atoms with Gasteiger partial charge in [-0.2, -0.15) is 0 Å². The summed E-state index contributed by atoms with van der Waals surface area (Å²) in [6.07, 6.45) is 3.87. The summed E-state index contributed by atoms with van der Waals surface area (Å²) >= 11 is 0. The minimum absolute atomic E-state index is 0.0264. The molecule has 3 heteroatoms. The number of hydrogen-bond donors (Lipinski definition) is 1. The highest BCUT2D eigenvalue weighted by Gasteiger charge is 2.33. The van der Waals surface area contributed by atoms with Gasteiger partial charge < -0.3 is 10.2 Å². The number of carbonyl (C=O) groups excluding carboxylic acids is 1. The van der Waals surface area contributed by atoms with Crippen LogP contribution in [-0.2, 0) is 4.79 Å². The van der Waals surface area contributed by atoms with Crippen LogP contribution in [0.15, 0.2) is 0 Å². The normalized spacial score (nSPS) is 20.3. The lowest BCUT2D eigenvalue weighted by atomic mass is 9.85. The zero-order valence-corrected chi connectivity index (χ0v) is 13.7. The van der Waals surface area contributed by atoms with Crippen molar-refractivity contribution in [3.05, 3.63) is 0 Å². The smallest absolute Gasteiger partial charge is 0.156 e. The fourth-order valence-corrected chi connectivity index (χ4v) is 2.64. The molecule has 1 heterocycles. The van der Waals surface area contributed by atoms with Crippen LogP contribution in [0.25, 0.3) is 0 Å². The van der Waals surface area contributed by atoms with Gasteiger partial charge in [0.2, 0.25) is 0 Å². The summed E-state index contributed by atoms with van der Waals surface area (Å²) in [5, 5.41) is 3.52. The van der Waals surface area contributed by atoms with Crippen molar-refractivity contribution < 1.29 is 4.79 Å². The molecule has 0 aromatic carbocycles. The second kappa shape index (κ2) is 6.36. The first-order chi connectivity index (χ1) is 8.59. The Balaban J connectivity index is 2.71. The van der Waals surface area contributed by atoms with Crippen LogP contribution in [0.2, 0.25) is 0 Å². The molecule has 0 spiro atoms. The summed E-state index contributed by atoms with van der Waals surface area (Å²) in [5.41, 5.74) is -0.305. The van der Waals surface area contributed by atoms with E-state index in [1.807, 2.05) is 20.8 Å². The van der Waals surface area contributed by atoms with E-state index in [9.17, 15) is 4.79 Å². The Kier molecular flexibility index (Phi) is 5.57. The van der Waals surface area contributed by atoms with Crippen molar-refractivity contribution in [3.63, 3.8) is 0 Å². The molecule has 1 aliphatic heterocycles. The lowest BCUT2D eigenvalue weighted by Gasteiger charge is -2.36. The first-order valence-corrected chi connectivity index (χ1v) is 7.64. The summed E-state index contributed by atoms with van der Waals surface area (Å²) in [6, 6.07) is -0.0573. The van der Waals surface area contributed by atoms with Gasteiger partial charge in [-0.3, -0.25) is 4.79 Å².